The van der Waals surface area contributed by atoms with Crippen molar-refractivity contribution in [1.82, 2.24) is 10.2 Å². The molecule has 1 rings (SSSR count). The fourth-order valence-corrected chi connectivity index (χ4v) is 2.34. The summed E-state index contributed by atoms with van der Waals surface area (Å²) in [6.07, 6.45) is 11.5. The van der Waals surface area contributed by atoms with E-state index in [9.17, 15) is 4.79 Å². The molecule has 0 unspecified atom stereocenters. The summed E-state index contributed by atoms with van der Waals surface area (Å²) in [5, 5.41) is 2.72. The molecule has 16 heavy (non-hydrogen) atoms. The Kier molecular flexibility index (Phi) is 5.95. The SMILES string of the molecule is C#CCNC(=O)CN(CC)C1CCCCC1. The molecule has 3 heteroatoms. The molecule has 1 aliphatic rings. The molecule has 0 aromatic carbocycles. The van der Waals surface area contributed by atoms with E-state index in [0.29, 0.717) is 19.1 Å². The number of terminal acetylenes is 1. The number of nitrogens with one attached hydrogen (secondary N) is 1. The Morgan fingerprint density at radius 1 is 1.44 bits per heavy atom. The maximum absolute atomic E-state index is 11.6. The lowest BCUT2D eigenvalue weighted by molar-refractivity contribution is -0.122. The van der Waals surface area contributed by atoms with Crippen LogP contribution in [0.1, 0.15) is 39.0 Å². The lowest BCUT2D eigenvalue weighted by atomic mass is 9.94. The van der Waals surface area contributed by atoms with Crippen molar-refractivity contribution in [3.05, 3.63) is 0 Å². The Balaban J connectivity index is 2.35. The van der Waals surface area contributed by atoms with Crippen molar-refractivity contribution in [2.45, 2.75) is 45.1 Å². The van der Waals surface area contributed by atoms with E-state index in [1.807, 2.05) is 0 Å². The van der Waals surface area contributed by atoms with Crippen molar-refractivity contribution in [3.63, 3.8) is 0 Å². The molecule has 1 saturated carbocycles. The standard InChI is InChI=1S/C13H22N2O/c1-3-10-14-13(16)11-15(4-2)12-8-6-5-7-9-12/h1,12H,4-11H2,2H3,(H,14,16). The highest BCUT2D eigenvalue weighted by Crippen LogP contribution is 2.22. The Hall–Kier alpha value is -1.01. The highest BCUT2D eigenvalue weighted by atomic mass is 16.2. The van der Waals surface area contributed by atoms with E-state index < -0.39 is 0 Å². The van der Waals surface area contributed by atoms with Crippen molar-refractivity contribution in [2.75, 3.05) is 19.6 Å². The van der Waals surface area contributed by atoms with Crippen molar-refractivity contribution in [3.8, 4) is 12.3 Å². The fourth-order valence-electron chi connectivity index (χ4n) is 2.34. The van der Waals surface area contributed by atoms with Crippen LogP contribution in [0.25, 0.3) is 0 Å². The highest BCUT2D eigenvalue weighted by molar-refractivity contribution is 5.78. The molecule has 0 spiro atoms. The van der Waals surface area contributed by atoms with Crippen LogP contribution in [-0.2, 0) is 4.79 Å². The van der Waals surface area contributed by atoms with Crippen LogP contribution in [-0.4, -0.2) is 36.5 Å². The Morgan fingerprint density at radius 2 is 2.12 bits per heavy atom. The van der Waals surface area contributed by atoms with Gasteiger partial charge in [-0.25, -0.2) is 0 Å². The van der Waals surface area contributed by atoms with Gasteiger partial charge in [0, 0.05) is 6.04 Å². The smallest absolute Gasteiger partial charge is 0.234 e. The van der Waals surface area contributed by atoms with E-state index in [1.165, 1.54) is 32.1 Å². The molecule has 1 fully saturated rings. The van der Waals surface area contributed by atoms with Gasteiger partial charge in [0.15, 0.2) is 0 Å². The van der Waals surface area contributed by atoms with Crippen LogP contribution in [0.5, 0.6) is 0 Å². The quantitative estimate of drug-likeness (QED) is 0.713. The second-order valence-corrected chi connectivity index (χ2v) is 4.34. The zero-order valence-corrected chi connectivity index (χ0v) is 10.2. The van der Waals surface area contributed by atoms with E-state index in [1.54, 1.807) is 0 Å². The molecule has 0 aromatic heterocycles. The predicted octanol–water partition coefficient (Wildman–Crippen LogP) is 1.39. The van der Waals surface area contributed by atoms with E-state index in [2.05, 4.69) is 23.1 Å². The molecule has 1 aliphatic carbocycles. The van der Waals surface area contributed by atoms with E-state index in [0.717, 1.165) is 6.54 Å². The monoisotopic (exact) mass is 222 g/mol. The first kappa shape index (κ1) is 13.1. The summed E-state index contributed by atoms with van der Waals surface area (Å²) in [5.41, 5.74) is 0. The lowest BCUT2D eigenvalue weighted by Crippen LogP contribution is -2.43. The molecule has 90 valence electrons. The first-order chi connectivity index (χ1) is 7.77. The van der Waals surface area contributed by atoms with Crippen LogP contribution in [0.4, 0.5) is 0 Å². The van der Waals surface area contributed by atoms with E-state index >= 15 is 0 Å². The summed E-state index contributed by atoms with van der Waals surface area (Å²) < 4.78 is 0. The number of carbonyl (C=O) groups is 1. The number of likely N-dealkylation sites (N-methyl/N-ethyl adjacent to an activating group) is 1. The topological polar surface area (TPSA) is 32.3 Å². The summed E-state index contributed by atoms with van der Waals surface area (Å²) in [6, 6.07) is 0.593. The highest BCUT2D eigenvalue weighted by Gasteiger charge is 2.21. The molecule has 0 heterocycles. The molecule has 1 amide bonds. The van der Waals surface area contributed by atoms with Gasteiger partial charge < -0.3 is 5.32 Å². The largest absolute Gasteiger partial charge is 0.344 e. The van der Waals surface area contributed by atoms with Gasteiger partial charge in [0.25, 0.3) is 0 Å². The number of rotatable bonds is 5. The van der Waals surface area contributed by atoms with Crippen molar-refractivity contribution < 1.29 is 4.79 Å². The van der Waals surface area contributed by atoms with Gasteiger partial charge in [0.2, 0.25) is 5.91 Å². The maximum Gasteiger partial charge on any atom is 0.234 e. The van der Waals surface area contributed by atoms with Gasteiger partial charge in [-0.2, -0.15) is 0 Å². The molecule has 0 aromatic rings. The van der Waals surface area contributed by atoms with E-state index in [4.69, 9.17) is 6.42 Å². The van der Waals surface area contributed by atoms with Crippen molar-refractivity contribution >= 4 is 5.91 Å². The van der Waals surface area contributed by atoms with Crippen LogP contribution in [0, 0.1) is 12.3 Å². The van der Waals surface area contributed by atoms with Crippen LogP contribution in [0.3, 0.4) is 0 Å². The molecular weight excluding hydrogens is 200 g/mol. The predicted molar refractivity (Wildman–Crippen MR) is 66.0 cm³/mol. The molecule has 0 bridgehead atoms. The van der Waals surface area contributed by atoms with E-state index in [-0.39, 0.29) is 5.91 Å². The first-order valence-electron chi connectivity index (χ1n) is 6.22. The number of amides is 1. The minimum atomic E-state index is 0.0466. The Bertz CT molecular complexity index is 251. The van der Waals surface area contributed by atoms with Gasteiger partial charge >= 0.3 is 0 Å². The molecule has 0 atom stereocenters. The van der Waals surface area contributed by atoms with Gasteiger partial charge in [-0.3, -0.25) is 9.69 Å². The third-order valence-electron chi connectivity index (χ3n) is 3.23. The molecule has 3 nitrogen and oxygen atoms in total. The van der Waals surface area contributed by atoms with Gasteiger partial charge in [-0.1, -0.05) is 32.1 Å². The zero-order valence-electron chi connectivity index (χ0n) is 10.2. The second-order valence-electron chi connectivity index (χ2n) is 4.34. The number of carbonyl (C=O) groups excluding carboxylic acids is 1. The summed E-state index contributed by atoms with van der Waals surface area (Å²) in [4.78, 5) is 13.8. The first-order valence-corrected chi connectivity index (χ1v) is 6.22. The van der Waals surface area contributed by atoms with Crippen LogP contribution in [0.15, 0.2) is 0 Å². The molecule has 0 saturated heterocycles. The maximum atomic E-state index is 11.6. The van der Waals surface area contributed by atoms with Gasteiger partial charge in [-0.15, -0.1) is 6.42 Å². The average molecular weight is 222 g/mol. The molecule has 1 N–H and O–H groups in total. The third-order valence-corrected chi connectivity index (χ3v) is 3.23. The molecular formula is C13H22N2O. The number of nitrogens with zero attached hydrogens (tertiary/aromatic N) is 1. The zero-order chi connectivity index (χ0) is 11.8. The summed E-state index contributed by atoms with van der Waals surface area (Å²) in [6.45, 7) is 3.88. The minimum Gasteiger partial charge on any atom is -0.344 e. The molecule has 0 radical (unpaired) electrons. The second kappa shape index (κ2) is 7.29. The summed E-state index contributed by atoms with van der Waals surface area (Å²) >= 11 is 0. The van der Waals surface area contributed by atoms with Gasteiger partial charge in [0.05, 0.1) is 13.1 Å². The van der Waals surface area contributed by atoms with Crippen LogP contribution < -0.4 is 5.32 Å². The fraction of sp³-hybridized carbons (Fsp3) is 0.769. The van der Waals surface area contributed by atoms with Gasteiger partial charge in [-0.05, 0) is 19.4 Å². The lowest BCUT2D eigenvalue weighted by Gasteiger charge is -2.32. The summed E-state index contributed by atoms with van der Waals surface area (Å²) in [5.74, 6) is 2.47. The van der Waals surface area contributed by atoms with Crippen LogP contribution in [0.2, 0.25) is 0 Å². The Morgan fingerprint density at radius 3 is 2.69 bits per heavy atom. The Labute approximate surface area is 98.6 Å². The summed E-state index contributed by atoms with van der Waals surface area (Å²) in [7, 11) is 0. The minimum absolute atomic E-state index is 0.0466. The van der Waals surface area contributed by atoms with Crippen molar-refractivity contribution in [1.29, 1.82) is 0 Å². The average Bonchev–Trinajstić information content (AvgIpc) is 2.34. The number of hydrogen-bond acceptors (Lipinski definition) is 2. The van der Waals surface area contributed by atoms with Crippen LogP contribution >= 0.6 is 0 Å². The number of hydrogen-bond donors (Lipinski definition) is 1. The third kappa shape index (κ3) is 4.24. The van der Waals surface area contributed by atoms with Crippen molar-refractivity contribution in [2.24, 2.45) is 0 Å². The normalized spacial score (nSPS) is 17.1. The van der Waals surface area contributed by atoms with Gasteiger partial charge in [0.1, 0.15) is 0 Å². The molecule has 0 aliphatic heterocycles.